The monoisotopic (exact) mass is 711 g/mol. The van der Waals surface area contributed by atoms with Crippen molar-refractivity contribution in [3.8, 4) is 0 Å². The highest BCUT2D eigenvalue weighted by Crippen LogP contribution is 2.63. The number of allylic oxidation sites excluding steroid dienone is 4. The summed E-state index contributed by atoms with van der Waals surface area (Å²) < 4.78 is 106. The molecule has 3 N–H and O–H groups in total. The molecule has 3 rings (SSSR count). The minimum absolute atomic E-state index is 0.103. The number of hydrogen-bond donors (Lipinski definition) is 3. The molecule has 0 spiro atoms. The second-order valence-electron chi connectivity index (χ2n) is 9.34. The van der Waals surface area contributed by atoms with Crippen LogP contribution >= 0.6 is 46.4 Å². The van der Waals surface area contributed by atoms with E-state index in [2.05, 4.69) is 16.9 Å². The van der Waals surface area contributed by atoms with Crippen molar-refractivity contribution in [1.82, 2.24) is 0 Å². The van der Waals surface area contributed by atoms with Crippen molar-refractivity contribution >= 4 is 81.2 Å². The average molecular weight is 713 g/mol. The molecule has 1 fully saturated rings. The van der Waals surface area contributed by atoms with E-state index in [4.69, 9.17) is 34.8 Å². The molecule has 1 aliphatic rings. The summed E-state index contributed by atoms with van der Waals surface area (Å²) >= 11 is 22.9. The van der Waals surface area contributed by atoms with Gasteiger partial charge in [0.1, 0.15) is 21.7 Å². The lowest BCUT2D eigenvalue weighted by Crippen LogP contribution is -2.30. The number of carbonyl (C=O) groups is 3. The van der Waals surface area contributed by atoms with E-state index in [1.54, 1.807) is 0 Å². The number of benzene rings is 2. The number of hydrogen-bond acceptors (Lipinski definition) is 3. The van der Waals surface area contributed by atoms with Gasteiger partial charge in [-0.15, -0.1) is 23.2 Å². The molecular formula is C26H17Cl4F8N3O3. The molecule has 2 aromatic carbocycles. The molecule has 1 saturated carbocycles. The quantitative estimate of drug-likeness (QED) is 0.145. The molecule has 0 unspecified atom stereocenters. The molecule has 0 aliphatic heterocycles. The normalized spacial score (nSPS) is 18.7. The van der Waals surface area contributed by atoms with Gasteiger partial charge < -0.3 is 16.0 Å². The Kier molecular flexibility index (Phi) is 10.2. The Balaban J connectivity index is 1.81. The van der Waals surface area contributed by atoms with Gasteiger partial charge >= 0.3 is 17.5 Å². The lowest BCUT2D eigenvalue weighted by atomic mass is 10.1. The predicted octanol–water partition coefficient (Wildman–Crippen LogP) is 8.75. The lowest BCUT2D eigenvalue weighted by Gasteiger charge is -2.14. The molecule has 2 atom stereocenters. The van der Waals surface area contributed by atoms with Crippen LogP contribution in [0, 0.1) is 23.5 Å². The van der Waals surface area contributed by atoms with Crippen molar-refractivity contribution in [3.63, 3.8) is 0 Å². The van der Waals surface area contributed by atoms with Gasteiger partial charge in [0, 0.05) is 11.6 Å². The van der Waals surface area contributed by atoms with E-state index in [-0.39, 0.29) is 16.3 Å². The average Bonchev–Trinajstić information content (AvgIpc) is 3.48. The summed E-state index contributed by atoms with van der Waals surface area (Å²) in [6.45, 7) is 1.79. The molecule has 0 bridgehead atoms. The smallest absolute Gasteiger partial charge is 0.326 e. The topological polar surface area (TPSA) is 87.3 Å². The van der Waals surface area contributed by atoms with Crippen LogP contribution in [0.5, 0.6) is 0 Å². The summed E-state index contributed by atoms with van der Waals surface area (Å²) in [5.74, 6) is -11.4. The fraction of sp³-hybridized carbons (Fsp3) is 0.269. The molecule has 238 valence electrons. The SMILES string of the molecule is C/C(F)=C(\C=C(/C)[C@H]1[C@H](C(=O)Nc2ccc(Cl)c(C(=O)Nc3ccc(F)c(NC(=O)C(F)(F)Cl)c3F)c2)C1(Cl)Cl)C(F)(F)F. The van der Waals surface area contributed by atoms with Crippen LogP contribution in [0.2, 0.25) is 5.02 Å². The second-order valence-corrected chi connectivity index (χ2v) is 11.7. The molecule has 3 amide bonds. The molecule has 6 nitrogen and oxygen atoms in total. The van der Waals surface area contributed by atoms with E-state index in [9.17, 15) is 49.5 Å². The lowest BCUT2D eigenvalue weighted by molar-refractivity contribution is -0.130. The molecular weight excluding hydrogens is 696 g/mol. The molecule has 0 saturated heterocycles. The van der Waals surface area contributed by atoms with E-state index < -0.39 is 85.4 Å². The highest BCUT2D eigenvalue weighted by atomic mass is 35.5. The maximum Gasteiger partial charge on any atom is 0.418 e. The molecule has 0 heterocycles. The van der Waals surface area contributed by atoms with Crippen LogP contribution in [0.3, 0.4) is 0 Å². The standard InChI is InChI=1S/C26H17Cl4F8N3O3/c1-9(7-13(10(2)31)26(36,37)38)17-18(24(17,28)29)22(43)39-11-3-4-14(27)12(8-11)21(42)40-16-6-5-15(32)20(19(16)33)41-23(44)25(30,34)35/h3-8,17-18H,1-2H3,(H,39,43)(H,40,42)(H,41,44)/b9-7+,13-10-/t17-,18+/m0/s1. The Hall–Kier alpha value is -3.07. The third-order valence-electron chi connectivity index (χ3n) is 6.19. The fourth-order valence-corrected chi connectivity index (χ4v) is 5.22. The van der Waals surface area contributed by atoms with E-state index in [0.717, 1.165) is 12.1 Å². The number of alkyl halides is 8. The maximum atomic E-state index is 14.8. The van der Waals surface area contributed by atoms with Crippen molar-refractivity contribution in [1.29, 1.82) is 0 Å². The van der Waals surface area contributed by atoms with Gasteiger partial charge in [0.2, 0.25) is 5.91 Å². The third-order valence-corrected chi connectivity index (χ3v) is 7.63. The minimum Gasteiger partial charge on any atom is -0.326 e. The maximum absolute atomic E-state index is 14.8. The van der Waals surface area contributed by atoms with Crippen molar-refractivity contribution < 1.29 is 49.5 Å². The van der Waals surface area contributed by atoms with Crippen LogP contribution in [0.25, 0.3) is 0 Å². The molecule has 18 heteroatoms. The Morgan fingerprint density at radius 1 is 0.932 bits per heavy atom. The van der Waals surface area contributed by atoms with Gasteiger partial charge in [-0.1, -0.05) is 17.2 Å². The zero-order chi connectivity index (χ0) is 33.5. The van der Waals surface area contributed by atoms with Gasteiger partial charge in [-0.2, -0.15) is 22.0 Å². The summed E-state index contributed by atoms with van der Waals surface area (Å²) in [4.78, 5) is 37.2. The summed E-state index contributed by atoms with van der Waals surface area (Å²) in [6.07, 6.45) is -4.54. The van der Waals surface area contributed by atoms with E-state index in [0.29, 0.717) is 25.1 Å². The Labute approximate surface area is 263 Å². The van der Waals surface area contributed by atoms with E-state index >= 15 is 0 Å². The van der Waals surface area contributed by atoms with Gasteiger partial charge in [0.05, 0.1) is 27.8 Å². The van der Waals surface area contributed by atoms with Crippen LogP contribution < -0.4 is 16.0 Å². The molecule has 0 radical (unpaired) electrons. The number of anilines is 3. The molecule has 0 aromatic heterocycles. The van der Waals surface area contributed by atoms with Crippen LogP contribution in [0.4, 0.5) is 52.2 Å². The van der Waals surface area contributed by atoms with Crippen molar-refractivity contribution in [2.24, 2.45) is 11.8 Å². The van der Waals surface area contributed by atoms with Gasteiger partial charge in [-0.05, 0) is 61.9 Å². The minimum atomic E-state index is -5.03. The highest BCUT2D eigenvalue weighted by molar-refractivity contribution is 6.53. The first-order valence-corrected chi connectivity index (χ1v) is 13.4. The van der Waals surface area contributed by atoms with Gasteiger partial charge in [-0.25, -0.2) is 13.2 Å². The number of carbonyl (C=O) groups excluding carboxylic acids is 3. The first kappa shape index (κ1) is 35.4. The zero-order valence-electron chi connectivity index (χ0n) is 21.9. The van der Waals surface area contributed by atoms with Gasteiger partial charge in [0.25, 0.3) is 5.91 Å². The van der Waals surface area contributed by atoms with Gasteiger partial charge in [0.15, 0.2) is 5.82 Å². The second kappa shape index (κ2) is 12.7. The summed E-state index contributed by atoms with van der Waals surface area (Å²) in [5.41, 5.74) is -4.33. The Morgan fingerprint density at radius 2 is 1.55 bits per heavy atom. The van der Waals surface area contributed by atoms with Gasteiger partial charge in [-0.3, -0.25) is 14.4 Å². The summed E-state index contributed by atoms with van der Waals surface area (Å²) in [7, 11) is 0. The van der Waals surface area contributed by atoms with Crippen LogP contribution in [0.1, 0.15) is 24.2 Å². The summed E-state index contributed by atoms with van der Waals surface area (Å²) in [5, 5.41) is 0.906. The van der Waals surface area contributed by atoms with Crippen molar-refractivity contribution in [3.05, 3.63) is 75.6 Å². The van der Waals surface area contributed by atoms with Crippen LogP contribution in [0.15, 0.2) is 53.4 Å². The molecule has 2 aromatic rings. The van der Waals surface area contributed by atoms with Crippen molar-refractivity contribution in [2.75, 3.05) is 16.0 Å². The molecule has 1 aliphatic carbocycles. The first-order valence-electron chi connectivity index (χ1n) is 11.8. The first-order chi connectivity index (χ1) is 20.1. The Bertz CT molecular complexity index is 1590. The fourth-order valence-electron chi connectivity index (χ4n) is 4.05. The number of amides is 3. The van der Waals surface area contributed by atoms with E-state index in [1.807, 2.05) is 5.32 Å². The third kappa shape index (κ3) is 7.76. The number of rotatable bonds is 8. The van der Waals surface area contributed by atoms with Crippen LogP contribution in [-0.4, -0.2) is 33.6 Å². The molecule has 44 heavy (non-hydrogen) atoms. The number of nitrogens with one attached hydrogen (secondary N) is 3. The highest BCUT2D eigenvalue weighted by Gasteiger charge is 2.67. The van der Waals surface area contributed by atoms with Crippen molar-refractivity contribution in [2.45, 2.75) is 29.7 Å². The zero-order valence-corrected chi connectivity index (χ0v) is 24.9. The summed E-state index contributed by atoms with van der Waals surface area (Å²) in [6, 6.07) is 4.62. The van der Waals surface area contributed by atoms with E-state index in [1.165, 1.54) is 18.3 Å². The largest absolute Gasteiger partial charge is 0.418 e. The predicted molar refractivity (Wildman–Crippen MR) is 149 cm³/mol. The Morgan fingerprint density at radius 3 is 2.09 bits per heavy atom. The number of halogens is 12. The van der Waals surface area contributed by atoms with Crippen LogP contribution in [-0.2, 0) is 9.59 Å².